The molecular formula is C18H27NOS. The lowest BCUT2D eigenvalue weighted by Crippen LogP contribution is -2.47. The second kappa shape index (κ2) is 6.72. The first-order valence-corrected chi connectivity index (χ1v) is 9.39. The van der Waals surface area contributed by atoms with Crippen LogP contribution in [0, 0.1) is 12.8 Å². The first kappa shape index (κ1) is 15.4. The molecule has 0 radical (unpaired) electrons. The van der Waals surface area contributed by atoms with Crippen LogP contribution in [-0.2, 0) is 6.42 Å². The highest BCUT2D eigenvalue weighted by atomic mass is 32.2. The van der Waals surface area contributed by atoms with Crippen molar-refractivity contribution in [2.45, 2.75) is 50.7 Å². The van der Waals surface area contributed by atoms with E-state index in [0.717, 1.165) is 43.2 Å². The van der Waals surface area contributed by atoms with Crippen LogP contribution in [0.4, 0.5) is 0 Å². The van der Waals surface area contributed by atoms with Gasteiger partial charge in [0.2, 0.25) is 0 Å². The van der Waals surface area contributed by atoms with Crippen LogP contribution in [0.2, 0.25) is 0 Å². The van der Waals surface area contributed by atoms with E-state index in [2.05, 4.69) is 36.5 Å². The summed E-state index contributed by atoms with van der Waals surface area (Å²) in [5, 5.41) is 14.3. The van der Waals surface area contributed by atoms with Crippen molar-refractivity contribution >= 4 is 11.8 Å². The fourth-order valence-electron chi connectivity index (χ4n) is 3.13. The zero-order valence-corrected chi connectivity index (χ0v) is 13.8. The third kappa shape index (κ3) is 4.48. The fraction of sp³-hybridized carbons (Fsp3) is 0.667. The quantitative estimate of drug-likeness (QED) is 0.847. The minimum atomic E-state index is -0.467. The van der Waals surface area contributed by atoms with Gasteiger partial charge in [-0.25, -0.2) is 0 Å². The zero-order valence-electron chi connectivity index (χ0n) is 13.0. The van der Waals surface area contributed by atoms with E-state index in [1.165, 1.54) is 24.0 Å². The summed E-state index contributed by atoms with van der Waals surface area (Å²) < 4.78 is 0. The third-order valence-electron chi connectivity index (χ3n) is 4.88. The van der Waals surface area contributed by atoms with Gasteiger partial charge in [-0.1, -0.05) is 29.8 Å². The van der Waals surface area contributed by atoms with E-state index in [-0.39, 0.29) is 0 Å². The molecule has 1 aromatic carbocycles. The number of aliphatic hydroxyl groups is 1. The zero-order chi connectivity index (χ0) is 14.7. The summed E-state index contributed by atoms with van der Waals surface area (Å²) in [6.07, 6.45) is 5.66. The Labute approximate surface area is 132 Å². The molecule has 1 aliphatic heterocycles. The summed E-state index contributed by atoms with van der Waals surface area (Å²) in [4.78, 5) is 0. The van der Waals surface area contributed by atoms with E-state index in [1.807, 2.05) is 11.8 Å². The Balaban J connectivity index is 1.56. The lowest BCUT2D eigenvalue weighted by atomic mass is 9.95. The van der Waals surface area contributed by atoms with Crippen LogP contribution in [0.3, 0.4) is 0 Å². The average Bonchev–Trinajstić information content (AvgIpc) is 3.31. The maximum Gasteiger partial charge on any atom is 0.0787 e. The van der Waals surface area contributed by atoms with Crippen LogP contribution in [0.15, 0.2) is 24.3 Å². The summed E-state index contributed by atoms with van der Waals surface area (Å²) in [6.45, 7) is 2.90. The highest BCUT2D eigenvalue weighted by Gasteiger charge is 2.34. The van der Waals surface area contributed by atoms with E-state index >= 15 is 0 Å². The van der Waals surface area contributed by atoms with E-state index in [0.29, 0.717) is 6.04 Å². The van der Waals surface area contributed by atoms with Gasteiger partial charge in [-0.3, -0.25) is 0 Å². The Kier molecular flexibility index (Phi) is 4.92. The van der Waals surface area contributed by atoms with Crippen LogP contribution < -0.4 is 5.32 Å². The second-order valence-electron chi connectivity index (χ2n) is 6.85. The SMILES string of the molecule is Cc1ccc(CC(NCC2(O)CCSCC2)C2CC2)cc1. The Morgan fingerprint density at radius 1 is 1.24 bits per heavy atom. The predicted molar refractivity (Wildman–Crippen MR) is 90.9 cm³/mol. The number of nitrogens with one attached hydrogen (secondary N) is 1. The molecule has 2 fully saturated rings. The van der Waals surface area contributed by atoms with Gasteiger partial charge >= 0.3 is 0 Å². The van der Waals surface area contributed by atoms with Gasteiger partial charge in [0.05, 0.1) is 5.60 Å². The van der Waals surface area contributed by atoms with Gasteiger partial charge < -0.3 is 10.4 Å². The van der Waals surface area contributed by atoms with Crippen molar-refractivity contribution in [3.8, 4) is 0 Å². The standard InChI is InChI=1S/C18H27NOS/c1-14-2-4-15(5-3-14)12-17(16-6-7-16)19-13-18(20)8-10-21-11-9-18/h2-5,16-17,19-20H,6-13H2,1H3. The van der Waals surface area contributed by atoms with Crippen molar-refractivity contribution in [1.29, 1.82) is 0 Å². The lowest BCUT2D eigenvalue weighted by molar-refractivity contribution is 0.0289. The summed E-state index contributed by atoms with van der Waals surface area (Å²) in [7, 11) is 0. The minimum absolute atomic E-state index is 0.467. The van der Waals surface area contributed by atoms with Crippen molar-refractivity contribution in [3.63, 3.8) is 0 Å². The van der Waals surface area contributed by atoms with Crippen LogP contribution in [0.1, 0.15) is 36.8 Å². The van der Waals surface area contributed by atoms with Crippen molar-refractivity contribution in [1.82, 2.24) is 5.32 Å². The number of hydrogen-bond donors (Lipinski definition) is 2. The van der Waals surface area contributed by atoms with Crippen molar-refractivity contribution in [3.05, 3.63) is 35.4 Å². The highest BCUT2D eigenvalue weighted by Crippen LogP contribution is 2.35. The molecule has 2 N–H and O–H groups in total. The normalized spacial score (nSPS) is 23.0. The average molecular weight is 305 g/mol. The molecule has 1 aliphatic carbocycles. The smallest absolute Gasteiger partial charge is 0.0787 e. The topological polar surface area (TPSA) is 32.3 Å². The van der Waals surface area contributed by atoms with E-state index in [9.17, 15) is 5.11 Å². The molecule has 2 nitrogen and oxygen atoms in total. The Morgan fingerprint density at radius 2 is 1.90 bits per heavy atom. The summed E-state index contributed by atoms with van der Waals surface area (Å²) >= 11 is 1.97. The molecule has 0 bridgehead atoms. The number of rotatable bonds is 6. The Bertz CT molecular complexity index is 449. The molecule has 1 unspecified atom stereocenters. The maximum absolute atomic E-state index is 10.6. The summed E-state index contributed by atoms with van der Waals surface area (Å²) in [6, 6.07) is 9.43. The predicted octanol–water partition coefficient (Wildman–Crippen LogP) is 3.16. The third-order valence-corrected chi connectivity index (χ3v) is 5.87. The van der Waals surface area contributed by atoms with Crippen LogP contribution in [0.25, 0.3) is 0 Å². The molecule has 0 aromatic heterocycles. The molecule has 21 heavy (non-hydrogen) atoms. The molecule has 0 spiro atoms. The number of benzene rings is 1. The van der Waals surface area contributed by atoms with Gasteiger partial charge in [0.25, 0.3) is 0 Å². The van der Waals surface area contributed by atoms with Crippen molar-refractivity contribution in [2.75, 3.05) is 18.1 Å². The lowest BCUT2D eigenvalue weighted by Gasteiger charge is -2.34. The van der Waals surface area contributed by atoms with Crippen molar-refractivity contribution in [2.24, 2.45) is 5.92 Å². The molecule has 3 rings (SSSR count). The van der Waals surface area contributed by atoms with Gasteiger partial charge in [0, 0.05) is 12.6 Å². The fourth-order valence-corrected chi connectivity index (χ4v) is 4.38. The Hall–Kier alpha value is -0.510. The Morgan fingerprint density at radius 3 is 2.52 bits per heavy atom. The molecule has 2 aliphatic rings. The number of thioether (sulfide) groups is 1. The second-order valence-corrected chi connectivity index (χ2v) is 8.08. The largest absolute Gasteiger partial charge is 0.389 e. The molecule has 1 atom stereocenters. The highest BCUT2D eigenvalue weighted by molar-refractivity contribution is 7.99. The van der Waals surface area contributed by atoms with Crippen molar-refractivity contribution < 1.29 is 5.11 Å². The first-order valence-electron chi connectivity index (χ1n) is 8.24. The molecule has 1 saturated carbocycles. The monoisotopic (exact) mass is 305 g/mol. The van der Waals surface area contributed by atoms with Gasteiger partial charge in [-0.05, 0) is 62.0 Å². The van der Waals surface area contributed by atoms with Crippen LogP contribution in [0.5, 0.6) is 0 Å². The van der Waals surface area contributed by atoms with E-state index in [4.69, 9.17) is 0 Å². The summed E-state index contributed by atoms with van der Waals surface area (Å²) in [5.74, 6) is 3.02. The van der Waals surface area contributed by atoms with E-state index in [1.54, 1.807) is 0 Å². The molecule has 0 amide bonds. The van der Waals surface area contributed by atoms with E-state index < -0.39 is 5.60 Å². The molecular weight excluding hydrogens is 278 g/mol. The summed E-state index contributed by atoms with van der Waals surface area (Å²) in [5.41, 5.74) is 2.27. The van der Waals surface area contributed by atoms with Gasteiger partial charge in [0.15, 0.2) is 0 Å². The molecule has 3 heteroatoms. The molecule has 1 aromatic rings. The first-order chi connectivity index (χ1) is 10.1. The molecule has 1 saturated heterocycles. The minimum Gasteiger partial charge on any atom is -0.389 e. The van der Waals surface area contributed by atoms with Crippen LogP contribution in [-0.4, -0.2) is 34.8 Å². The van der Waals surface area contributed by atoms with Gasteiger partial charge in [-0.15, -0.1) is 0 Å². The molecule has 116 valence electrons. The van der Waals surface area contributed by atoms with Gasteiger partial charge in [-0.2, -0.15) is 11.8 Å². The molecule has 1 heterocycles. The van der Waals surface area contributed by atoms with Gasteiger partial charge in [0.1, 0.15) is 0 Å². The van der Waals surface area contributed by atoms with Crippen LogP contribution >= 0.6 is 11.8 Å². The number of aryl methyl sites for hydroxylation is 1. The maximum atomic E-state index is 10.6. The number of hydrogen-bond acceptors (Lipinski definition) is 3.